The van der Waals surface area contributed by atoms with E-state index in [0.717, 1.165) is 69.2 Å². The number of likely N-dealkylation sites (tertiary alicyclic amines) is 2. The topological polar surface area (TPSA) is 71.6 Å². The number of fused-ring (bicyclic) bond motifs is 1. The number of anilines is 1. The number of amides is 1. The molecular weight excluding hydrogens is 443 g/mol. The number of benzene rings is 2. The average molecular weight is 477 g/mol. The molecule has 2 fully saturated rings. The van der Waals surface area contributed by atoms with E-state index in [1.54, 1.807) is 12.1 Å². The van der Waals surface area contributed by atoms with Gasteiger partial charge in [0.2, 0.25) is 0 Å². The lowest BCUT2D eigenvalue weighted by Gasteiger charge is -2.33. The highest BCUT2D eigenvalue weighted by molar-refractivity contribution is 6.02. The Labute approximate surface area is 205 Å². The number of nitrogen functional groups attached to an aromatic ring is 1. The van der Waals surface area contributed by atoms with Crippen molar-refractivity contribution in [3.63, 3.8) is 0 Å². The molecule has 1 amide bonds. The summed E-state index contributed by atoms with van der Waals surface area (Å²) in [4.78, 5) is 30.7. The number of aromatic nitrogens is 1. The van der Waals surface area contributed by atoms with Gasteiger partial charge in [0.05, 0.1) is 11.2 Å². The van der Waals surface area contributed by atoms with E-state index in [4.69, 9.17) is 5.73 Å². The molecule has 35 heavy (non-hydrogen) atoms. The molecule has 3 heterocycles. The number of carbonyl (C=O) groups excluding carboxylic acids is 2. The summed E-state index contributed by atoms with van der Waals surface area (Å²) in [6.45, 7) is 3.46. The molecule has 5 rings (SSSR count). The van der Waals surface area contributed by atoms with Crippen LogP contribution in [0.25, 0.3) is 10.9 Å². The maximum atomic E-state index is 13.5. The van der Waals surface area contributed by atoms with Gasteiger partial charge in [-0.1, -0.05) is 12.1 Å². The van der Waals surface area contributed by atoms with Crippen molar-refractivity contribution in [1.82, 2.24) is 14.4 Å². The molecule has 2 saturated heterocycles. The zero-order valence-corrected chi connectivity index (χ0v) is 20.3. The van der Waals surface area contributed by atoms with Gasteiger partial charge in [-0.15, -0.1) is 0 Å². The first-order valence-corrected chi connectivity index (χ1v) is 12.6. The lowest BCUT2D eigenvalue weighted by atomic mass is 9.88. The number of nitrogens with zero attached hydrogens (tertiary/aromatic N) is 3. The number of carbonyl (C=O) groups is 2. The molecule has 184 valence electrons. The zero-order chi connectivity index (χ0) is 24.5. The Kier molecular flexibility index (Phi) is 6.60. The van der Waals surface area contributed by atoms with Crippen LogP contribution in [0.15, 0.2) is 48.5 Å². The van der Waals surface area contributed by atoms with E-state index in [2.05, 4.69) is 4.90 Å². The molecular formula is C28H33FN4O2. The number of hydrogen-bond donors (Lipinski definition) is 1. The molecule has 7 heteroatoms. The highest BCUT2D eigenvalue weighted by Gasteiger charge is 2.32. The van der Waals surface area contributed by atoms with Gasteiger partial charge >= 0.3 is 0 Å². The summed E-state index contributed by atoms with van der Waals surface area (Å²) in [7, 11) is 1.91. The highest BCUT2D eigenvalue weighted by atomic mass is 19.1. The summed E-state index contributed by atoms with van der Waals surface area (Å²) >= 11 is 0. The summed E-state index contributed by atoms with van der Waals surface area (Å²) in [5, 5.41) is 0.990. The van der Waals surface area contributed by atoms with Crippen molar-refractivity contribution in [3.05, 3.63) is 65.6 Å². The fraction of sp³-hybridized carbons (Fsp3) is 0.429. The first kappa shape index (κ1) is 23.5. The van der Waals surface area contributed by atoms with Crippen LogP contribution in [0.5, 0.6) is 0 Å². The fourth-order valence-electron chi connectivity index (χ4n) is 5.80. The van der Waals surface area contributed by atoms with Gasteiger partial charge in [0.15, 0.2) is 5.78 Å². The number of aryl methyl sites for hydroxylation is 1. The van der Waals surface area contributed by atoms with Crippen LogP contribution in [-0.4, -0.2) is 58.3 Å². The second-order valence-electron chi connectivity index (χ2n) is 9.94. The van der Waals surface area contributed by atoms with E-state index in [-0.39, 0.29) is 29.5 Å². The molecule has 0 unspecified atom stereocenters. The lowest BCUT2D eigenvalue weighted by molar-refractivity contribution is 0.0696. The van der Waals surface area contributed by atoms with Crippen molar-refractivity contribution in [2.45, 2.75) is 38.1 Å². The third kappa shape index (κ3) is 4.69. The molecule has 0 aliphatic carbocycles. The van der Waals surface area contributed by atoms with Crippen molar-refractivity contribution in [3.8, 4) is 0 Å². The minimum Gasteiger partial charge on any atom is -0.397 e. The number of halogens is 1. The SMILES string of the molecule is Cn1c(C(=O)N2CCC[C@H]2CCN2CCC(C(=O)c3ccc(F)cc3)CC2)cc2cccc(N)c21. The Morgan fingerprint density at radius 2 is 1.77 bits per heavy atom. The number of nitrogens with two attached hydrogens (primary N) is 1. The minimum absolute atomic E-state index is 0.000165. The molecule has 3 aromatic rings. The van der Waals surface area contributed by atoms with E-state index in [1.807, 2.05) is 40.8 Å². The van der Waals surface area contributed by atoms with E-state index in [0.29, 0.717) is 16.9 Å². The summed E-state index contributed by atoms with van der Waals surface area (Å²) in [6, 6.07) is 13.8. The Morgan fingerprint density at radius 3 is 2.49 bits per heavy atom. The Hall–Kier alpha value is -3.19. The molecule has 0 bridgehead atoms. The van der Waals surface area contributed by atoms with Crippen LogP contribution >= 0.6 is 0 Å². The van der Waals surface area contributed by atoms with Crippen LogP contribution in [0.3, 0.4) is 0 Å². The van der Waals surface area contributed by atoms with Crippen LogP contribution in [0, 0.1) is 11.7 Å². The van der Waals surface area contributed by atoms with Crippen LogP contribution in [0.1, 0.15) is 53.0 Å². The predicted octanol–water partition coefficient (Wildman–Crippen LogP) is 4.49. The maximum absolute atomic E-state index is 13.5. The molecule has 0 saturated carbocycles. The number of para-hydroxylation sites is 1. The van der Waals surface area contributed by atoms with E-state index < -0.39 is 0 Å². The molecule has 0 spiro atoms. The van der Waals surface area contributed by atoms with E-state index in [1.165, 1.54) is 12.1 Å². The monoisotopic (exact) mass is 476 g/mol. The fourth-order valence-corrected chi connectivity index (χ4v) is 5.80. The Bertz CT molecular complexity index is 1230. The number of rotatable bonds is 6. The van der Waals surface area contributed by atoms with Crippen molar-refractivity contribution in [2.24, 2.45) is 13.0 Å². The molecule has 1 atom stereocenters. The Balaban J connectivity index is 1.17. The van der Waals surface area contributed by atoms with Crippen LogP contribution in [0.2, 0.25) is 0 Å². The van der Waals surface area contributed by atoms with Gasteiger partial charge in [-0.25, -0.2) is 4.39 Å². The maximum Gasteiger partial charge on any atom is 0.270 e. The van der Waals surface area contributed by atoms with Crippen LogP contribution in [0.4, 0.5) is 10.1 Å². The number of piperidine rings is 1. The molecule has 1 aromatic heterocycles. The second-order valence-corrected chi connectivity index (χ2v) is 9.94. The quantitative estimate of drug-likeness (QED) is 0.420. The third-order valence-electron chi connectivity index (χ3n) is 7.81. The second kappa shape index (κ2) is 9.82. The number of hydrogen-bond acceptors (Lipinski definition) is 4. The molecule has 2 aromatic carbocycles. The summed E-state index contributed by atoms with van der Waals surface area (Å²) in [5.41, 5.74) is 9.03. The van der Waals surface area contributed by atoms with Crippen molar-refractivity contribution >= 4 is 28.3 Å². The highest BCUT2D eigenvalue weighted by Crippen LogP contribution is 2.29. The molecule has 2 aliphatic rings. The Morgan fingerprint density at radius 1 is 1.03 bits per heavy atom. The van der Waals surface area contributed by atoms with Gasteiger partial charge in [-0.05, 0) is 81.6 Å². The lowest BCUT2D eigenvalue weighted by Crippen LogP contribution is -2.41. The number of Topliss-reactive ketones (excluding diaryl/α,β-unsaturated/α-hetero) is 1. The number of ketones is 1. The normalized spacial score (nSPS) is 19.5. The van der Waals surface area contributed by atoms with Crippen LogP contribution < -0.4 is 5.73 Å². The first-order valence-electron chi connectivity index (χ1n) is 12.6. The van der Waals surface area contributed by atoms with Gasteiger partial charge in [0, 0.05) is 43.0 Å². The smallest absolute Gasteiger partial charge is 0.270 e. The van der Waals surface area contributed by atoms with Crippen molar-refractivity contribution < 1.29 is 14.0 Å². The first-order chi connectivity index (χ1) is 16.9. The van der Waals surface area contributed by atoms with Crippen LogP contribution in [-0.2, 0) is 7.05 Å². The summed E-state index contributed by atoms with van der Waals surface area (Å²) < 4.78 is 15.1. The average Bonchev–Trinajstić information content (AvgIpc) is 3.48. The van der Waals surface area contributed by atoms with Crippen molar-refractivity contribution in [2.75, 3.05) is 31.9 Å². The largest absolute Gasteiger partial charge is 0.397 e. The van der Waals surface area contributed by atoms with Crippen molar-refractivity contribution in [1.29, 1.82) is 0 Å². The minimum atomic E-state index is -0.319. The predicted molar refractivity (Wildman–Crippen MR) is 136 cm³/mol. The third-order valence-corrected chi connectivity index (χ3v) is 7.81. The molecule has 2 aliphatic heterocycles. The van der Waals surface area contributed by atoms with Gasteiger partial charge in [-0.3, -0.25) is 9.59 Å². The molecule has 0 radical (unpaired) electrons. The van der Waals surface area contributed by atoms with Gasteiger partial charge in [-0.2, -0.15) is 0 Å². The summed E-state index contributed by atoms with van der Waals surface area (Å²) in [5.74, 6) is -0.123. The summed E-state index contributed by atoms with van der Waals surface area (Å²) in [6.07, 6.45) is 4.63. The standard InChI is InChI=1S/C28H33FN4O2/c1-31-25(18-21-4-2-6-24(30)26(21)31)28(35)33-14-3-5-23(33)13-17-32-15-11-20(12-16-32)27(34)19-7-9-22(29)10-8-19/h2,4,6-10,18,20,23H,3,5,11-17,30H2,1H3/t23-/m0/s1. The van der Waals surface area contributed by atoms with E-state index >= 15 is 0 Å². The molecule has 2 N–H and O–H groups in total. The van der Waals surface area contributed by atoms with Gasteiger partial charge in [0.25, 0.3) is 5.91 Å². The zero-order valence-electron chi connectivity index (χ0n) is 20.3. The van der Waals surface area contributed by atoms with Gasteiger partial charge < -0.3 is 20.1 Å². The molecule has 6 nitrogen and oxygen atoms in total. The van der Waals surface area contributed by atoms with Gasteiger partial charge in [0.1, 0.15) is 11.5 Å². The van der Waals surface area contributed by atoms with E-state index in [9.17, 15) is 14.0 Å².